The highest BCUT2D eigenvalue weighted by atomic mass is 16.4. The van der Waals surface area contributed by atoms with E-state index in [9.17, 15) is 9.90 Å². The van der Waals surface area contributed by atoms with Gasteiger partial charge in [0.2, 0.25) is 0 Å². The molecule has 1 aliphatic heterocycles. The molecule has 2 atom stereocenters. The van der Waals surface area contributed by atoms with Crippen molar-refractivity contribution in [3.05, 3.63) is 35.9 Å². The molecule has 1 saturated heterocycles. The summed E-state index contributed by atoms with van der Waals surface area (Å²) in [4.78, 5) is 13.5. The van der Waals surface area contributed by atoms with Crippen LogP contribution in [0.3, 0.4) is 0 Å². The molecule has 0 spiro atoms. The van der Waals surface area contributed by atoms with E-state index in [1.807, 2.05) is 18.2 Å². The summed E-state index contributed by atoms with van der Waals surface area (Å²) in [5.74, 6) is -0.887. The van der Waals surface area contributed by atoms with Crippen LogP contribution in [0.2, 0.25) is 0 Å². The van der Waals surface area contributed by atoms with E-state index in [0.717, 1.165) is 32.5 Å². The van der Waals surface area contributed by atoms with Crippen molar-refractivity contribution in [2.45, 2.75) is 31.8 Å². The van der Waals surface area contributed by atoms with Crippen molar-refractivity contribution in [2.24, 2.45) is 11.7 Å². The van der Waals surface area contributed by atoms with Crippen molar-refractivity contribution in [3.8, 4) is 0 Å². The number of carbonyl (C=O) groups is 1. The lowest BCUT2D eigenvalue weighted by molar-refractivity contribution is -0.145. The molecule has 3 N–H and O–H groups in total. The van der Waals surface area contributed by atoms with Crippen LogP contribution in [0.5, 0.6) is 0 Å². The maximum absolute atomic E-state index is 11.2. The lowest BCUT2D eigenvalue weighted by Gasteiger charge is -2.39. The summed E-state index contributed by atoms with van der Waals surface area (Å²) in [7, 11) is 0. The second kappa shape index (κ2) is 5.72. The molecule has 4 nitrogen and oxygen atoms in total. The van der Waals surface area contributed by atoms with E-state index < -0.39 is 11.5 Å². The Balaban J connectivity index is 2.00. The van der Waals surface area contributed by atoms with Crippen LogP contribution >= 0.6 is 0 Å². The number of piperidine rings is 1. The largest absolute Gasteiger partial charge is 0.480 e. The monoisotopic (exact) mass is 262 g/mol. The summed E-state index contributed by atoms with van der Waals surface area (Å²) >= 11 is 0. The second-order valence-corrected chi connectivity index (χ2v) is 5.65. The molecule has 1 aromatic rings. The van der Waals surface area contributed by atoms with E-state index in [4.69, 9.17) is 5.73 Å². The van der Waals surface area contributed by atoms with Gasteiger partial charge < -0.3 is 10.8 Å². The molecule has 4 heteroatoms. The average molecular weight is 262 g/mol. The van der Waals surface area contributed by atoms with Crippen LogP contribution in [-0.2, 0) is 11.3 Å². The summed E-state index contributed by atoms with van der Waals surface area (Å²) < 4.78 is 0. The Morgan fingerprint density at radius 2 is 2.16 bits per heavy atom. The molecule has 1 heterocycles. The Labute approximate surface area is 114 Å². The van der Waals surface area contributed by atoms with Crippen LogP contribution in [0, 0.1) is 5.92 Å². The maximum atomic E-state index is 11.2. The fourth-order valence-corrected chi connectivity index (χ4v) is 2.70. The molecular weight excluding hydrogens is 240 g/mol. The smallest absolute Gasteiger partial charge is 0.323 e. The van der Waals surface area contributed by atoms with Crippen LogP contribution < -0.4 is 5.73 Å². The van der Waals surface area contributed by atoms with Crippen molar-refractivity contribution in [2.75, 3.05) is 13.1 Å². The van der Waals surface area contributed by atoms with Crippen LogP contribution in [0.25, 0.3) is 0 Å². The Kier molecular flexibility index (Phi) is 4.22. The SMILES string of the molecule is CC(N)(C(=O)O)C1CCCN(Cc2ccccc2)C1. The molecule has 1 aromatic carbocycles. The van der Waals surface area contributed by atoms with Gasteiger partial charge in [0.1, 0.15) is 5.54 Å². The Morgan fingerprint density at radius 1 is 1.47 bits per heavy atom. The fourth-order valence-electron chi connectivity index (χ4n) is 2.70. The summed E-state index contributed by atoms with van der Waals surface area (Å²) in [5, 5.41) is 9.23. The van der Waals surface area contributed by atoms with Gasteiger partial charge in [-0.3, -0.25) is 9.69 Å². The van der Waals surface area contributed by atoms with Crippen molar-refractivity contribution in [1.29, 1.82) is 0 Å². The van der Waals surface area contributed by atoms with Gasteiger partial charge in [-0.15, -0.1) is 0 Å². The molecule has 2 unspecified atom stereocenters. The first-order chi connectivity index (χ1) is 9.00. The van der Waals surface area contributed by atoms with Crippen LogP contribution in [0.4, 0.5) is 0 Å². The topological polar surface area (TPSA) is 66.6 Å². The third kappa shape index (κ3) is 3.33. The molecular formula is C15H22N2O2. The maximum Gasteiger partial charge on any atom is 0.323 e. The first-order valence-corrected chi connectivity index (χ1v) is 6.78. The Bertz CT molecular complexity index is 431. The molecule has 0 radical (unpaired) electrons. The fraction of sp³-hybridized carbons (Fsp3) is 0.533. The quantitative estimate of drug-likeness (QED) is 0.866. The number of hydrogen-bond donors (Lipinski definition) is 2. The Morgan fingerprint density at radius 3 is 2.79 bits per heavy atom. The number of rotatable bonds is 4. The molecule has 0 amide bonds. The second-order valence-electron chi connectivity index (χ2n) is 5.65. The zero-order valence-corrected chi connectivity index (χ0v) is 11.4. The third-order valence-electron chi connectivity index (χ3n) is 4.06. The molecule has 1 fully saturated rings. The molecule has 19 heavy (non-hydrogen) atoms. The number of nitrogens with zero attached hydrogens (tertiary/aromatic N) is 1. The molecule has 0 aliphatic carbocycles. The van der Waals surface area contributed by atoms with Gasteiger partial charge in [-0.05, 0) is 31.9 Å². The highest BCUT2D eigenvalue weighted by molar-refractivity contribution is 5.78. The number of hydrogen-bond acceptors (Lipinski definition) is 3. The summed E-state index contributed by atoms with van der Waals surface area (Å²) in [5.41, 5.74) is 6.10. The predicted octanol–water partition coefficient (Wildman–Crippen LogP) is 1.70. The molecule has 0 aromatic heterocycles. The standard InChI is InChI=1S/C15H22N2O2/c1-15(16,14(18)19)13-8-5-9-17(11-13)10-12-6-3-2-4-7-12/h2-4,6-7,13H,5,8-11,16H2,1H3,(H,18,19). The zero-order chi connectivity index (χ0) is 13.9. The first kappa shape index (κ1) is 14.0. The van der Waals surface area contributed by atoms with Gasteiger partial charge >= 0.3 is 5.97 Å². The van der Waals surface area contributed by atoms with Crippen LogP contribution in [0.15, 0.2) is 30.3 Å². The van der Waals surface area contributed by atoms with Gasteiger partial charge in [-0.25, -0.2) is 0 Å². The van der Waals surface area contributed by atoms with Gasteiger partial charge in [0.05, 0.1) is 0 Å². The van der Waals surface area contributed by atoms with Crippen molar-refractivity contribution >= 4 is 5.97 Å². The molecule has 0 saturated carbocycles. The summed E-state index contributed by atoms with van der Waals surface area (Å²) in [6.07, 6.45) is 1.90. The predicted molar refractivity (Wildman–Crippen MR) is 74.7 cm³/mol. The minimum Gasteiger partial charge on any atom is -0.480 e. The molecule has 2 rings (SSSR count). The minimum absolute atomic E-state index is 0.0162. The average Bonchev–Trinajstić information content (AvgIpc) is 2.40. The summed E-state index contributed by atoms with van der Waals surface area (Å²) in [6, 6.07) is 10.3. The third-order valence-corrected chi connectivity index (χ3v) is 4.06. The number of aliphatic carboxylic acids is 1. The number of carboxylic acids is 1. The normalized spacial score (nSPS) is 23.8. The highest BCUT2D eigenvalue weighted by Crippen LogP contribution is 2.26. The number of carboxylic acid groups (broad SMARTS) is 1. The summed E-state index contributed by atoms with van der Waals surface area (Å²) in [6.45, 7) is 4.27. The zero-order valence-electron chi connectivity index (χ0n) is 11.4. The van der Waals surface area contributed by atoms with E-state index in [2.05, 4.69) is 17.0 Å². The van der Waals surface area contributed by atoms with E-state index in [0.29, 0.717) is 0 Å². The highest BCUT2D eigenvalue weighted by Gasteiger charge is 2.39. The van der Waals surface area contributed by atoms with Crippen LogP contribution in [0.1, 0.15) is 25.3 Å². The van der Waals surface area contributed by atoms with E-state index in [1.165, 1.54) is 5.56 Å². The van der Waals surface area contributed by atoms with Crippen molar-refractivity contribution in [3.63, 3.8) is 0 Å². The first-order valence-electron chi connectivity index (χ1n) is 6.78. The van der Waals surface area contributed by atoms with E-state index in [-0.39, 0.29) is 5.92 Å². The lowest BCUT2D eigenvalue weighted by Crippen LogP contribution is -2.56. The number of likely N-dealkylation sites (tertiary alicyclic amines) is 1. The molecule has 1 aliphatic rings. The number of nitrogens with two attached hydrogens (primary N) is 1. The van der Waals surface area contributed by atoms with Gasteiger partial charge in [-0.1, -0.05) is 30.3 Å². The lowest BCUT2D eigenvalue weighted by atomic mass is 9.81. The molecule has 0 bridgehead atoms. The van der Waals surface area contributed by atoms with Gasteiger partial charge in [0.25, 0.3) is 0 Å². The number of benzene rings is 1. The van der Waals surface area contributed by atoms with E-state index in [1.54, 1.807) is 6.92 Å². The van der Waals surface area contributed by atoms with Gasteiger partial charge in [-0.2, -0.15) is 0 Å². The van der Waals surface area contributed by atoms with Crippen molar-refractivity contribution in [1.82, 2.24) is 4.90 Å². The molecule has 104 valence electrons. The minimum atomic E-state index is -1.13. The Hall–Kier alpha value is -1.39. The van der Waals surface area contributed by atoms with Gasteiger partial charge in [0.15, 0.2) is 0 Å². The van der Waals surface area contributed by atoms with E-state index >= 15 is 0 Å². The van der Waals surface area contributed by atoms with Gasteiger partial charge in [0, 0.05) is 19.0 Å². The van der Waals surface area contributed by atoms with Crippen molar-refractivity contribution < 1.29 is 9.90 Å². The van der Waals surface area contributed by atoms with Crippen LogP contribution in [-0.4, -0.2) is 34.6 Å².